The lowest BCUT2D eigenvalue weighted by Gasteiger charge is -2.26. The Morgan fingerprint density at radius 1 is 1.33 bits per heavy atom. The maximum absolute atomic E-state index is 12.3. The summed E-state index contributed by atoms with van der Waals surface area (Å²) in [6.45, 7) is 5.18. The average Bonchev–Trinajstić information content (AvgIpc) is 2.98. The van der Waals surface area contributed by atoms with E-state index in [1.165, 1.54) is 10.6 Å². The number of aromatic nitrogens is 2. The van der Waals surface area contributed by atoms with E-state index < -0.39 is 10.0 Å². The van der Waals surface area contributed by atoms with Crippen LogP contribution in [0.15, 0.2) is 0 Å². The topological polar surface area (TPSA) is 108 Å². The molecule has 2 aliphatic heterocycles. The third-order valence-electron chi connectivity index (χ3n) is 4.40. The van der Waals surface area contributed by atoms with E-state index in [-0.39, 0.29) is 12.5 Å². The third kappa shape index (κ3) is 3.94. The van der Waals surface area contributed by atoms with Gasteiger partial charge in [-0.2, -0.15) is 9.40 Å². The number of hydrogen-bond acceptors (Lipinski definition) is 6. The summed E-state index contributed by atoms with van der Waals surface area (Å²) < 4.78 is 29.9. The Morgan fingerprint density at radius 2 is 2.08 bits per heavy atom. The first-order valence-electron chi connectivity index (χ1n) is 8.04. The van der Waals surface area contributed by atoms with Crippen molar-refractivity contribution in [2.75, 3.05) is 52.2 Å². The van der Waals surface area contributed by atoms with Crippen molar-refractivity contribution < 1.29 is 17.9 Å². The van der Waals surface area contributed by atoms with Crippen molar-refractivity contribution in [3.8, 4) is 0 Å². The largest absolute Gasteiger partial charge is 0.379 e. The molecular formula is C14H23N5O4S. The van der Waals surface area contributed by atoms with Crippen LogP contribution in [0.3, 0.4) is 0 Å². The minimum atomic E-state index is -3.24. The standard InChI is InChI=1S/C14H23N5O4S/c1-24(21,22)19-4-2-11-12(10-19)16-17-13(11)14(20)15-3-5-18-6-8-23-9-7-18/h2-10H2,1H3,(H,15,20)(H,16,17). The summed E-state index contributed by atoms with van der Waals surface area (Å²) in [5.41, 5.74) is 1.89. The summed E-state index contributed by atoms with van der Waals surface area (Å²) in [4.78, 5) is 14.6. The molecule has 1 aromatic rings. The Labute approximate surface area is 141 Å². The predicted molar refractivity (Wildman–Crippen MR) is 87.1 cm³/mol. The monoisotopic (exact) mass is 357 g/mol. The maximum Gasteiger partial charge on any atom is 0.272 e. The molecular weight excluding hydrogens is 334 g/mol. The van der Waals surface area contributed by atoms with Crippen LogP contribution in [0, 0.1) is 0 Å². The van der Waals surface area contributed by atoms with Gasteiger partial charge in [0.05, 0.1) is 31.7 Å². The first-order chi connectivity index (χ1) is 11.4. The van der Waals surface area contributed by atoms with E-state index in [4.69, 9.17) is 4.74 Å². The molecule has 10 heteroatoms. The molecule has 2 aliphatic rings. The Hall–Kier alpha value is -1.49. The van der Waals surface area contributed by atoms with Gasteiger partial charge < -0.3 is 10.1 Å². The summed E-state index contributed by atoms with van der Waals surface area (Å²) in [7, 11) is -3.24. The van der Waals surface area contributed by atoms with E-state index in [1.54, 1.807) is 0 Å². The minimum absolute atomic E-state index is 0.214. The van der Waals surface area contributed by atoms with Crippen molar-refractivity contribution >= 4 is 15.9 Å². The van der Waals surface area contributed by atoms with Crippen LogP contribution in [0.2, 0.25) is 0 Å². The smallest absolute Gasteiger partial charge is 0.272 e. The number of rotatable bonds is 5. The van der Waals surface area contributed by atoms with E-state index in [0.717, 1.165) is 38.4 Å². The number of carbonyl (C=O) groups excluding carboxylic acids is 1. The van der Waals surface area contributed by atoms with Gasteiger partial charge in [0.2, 0.25) is 10.0 Å². The molecule has 1 saturated heterocycles. The third-order valence-corrected chi connectivity index (χ3v) is 5.65. The van der Waals surface area contributed by atoms with E-state index >= 15 is 0 Å². The molecule has 0 aromatic carbocycles. The van der Waals surface area contributed by atoms with Crippen molar-refractivity contribution in [1.82, 2.24) is 24.7 Å². The molecule has 1 amide bonds. The van der Waals surface area contributed by atoms with Crippen molar-refractivity contribution in [3.05, 3.63) is 17.0 Å². The van der Waals surface area contributed by atoms with E-state index in [0.29, 0.717) is 30.9 Å². The number of morpholine rings is 1. The van der Waals surface area contributed by atoms with Gasteiger partial charge in [-0.3, -0.25) is 14.8 Å². The maximum atomic E-state index is 12.3. The first-order valence-corrected chi connectivity index (χ1v) is 9.89. The van der Waals surface area contributed by atoms with Gasteiger partial charge in [-0.05, 0) is 6.42 Å². The van der Waals surface area contributed by atoms with Crippen molar-refractivity contribution in [2.45, 2.75) is 13.0 Å². The second-order valence-corrected chi connectivity index (χ2v) is 8.07. The van der Waals surface area contributed by atoms with Crippen LogP contribution in [-0.4, -0.2) is 85.9 Å². The first kappa shape index (κ1) is 17.3. The molecule has 2 N–H and O–H groups in total. The quantitative estimate of drug-likeness (QED) is 0.685. The van der Waals surface area contributed by atoms with Gasteiger partial charge in [0, 0.05) is 38.3 Å². The van der Waals surface area contributed by atoms with Gasteiger partial charge in [-0.15, -0.1) is 0 Å². The van der Waals surface area contributed by atoms with Gasteiger partial charge >= 0.3 is 0 Å². The second-order valence-electron chi connectivity index (χ2n) is 6.09. The highest BCUT2D eigenvalue weighted by molar-refractivity contribution is 7.88. The molecule has 0 atom stereocenters. The summed E-state index contributed by atoms with van der Waals surface area (Å²) in [5.74, 6) is -0.214. The highest BCUT2D eigenvalue weighted by atomic mass is 32.2. The van der Waals surface area contributed by atoms with Gasteiger partial charge in [0.15, 0.2) is 5.69 Å². The number of ether oxygens (including phenoxy) is 1. The fourth-order valence-electron chi connectivity index (χ4n) is 3.00. The number of aromatic amines is 1. The van der Waals surface area contributed by atoms with Crippen molar-refractivity contribution in [2.24, 2.45) is 0 Å². The fraction of sp³-hybridized carbons (Fsp3) is 0.714. The predicted octanol–water partition coefficient (Wildman–Crippen LogP) is -1.21. The summed E-state index contributed by atoms with van der Waals surface area (Å²) in [5, 5.41) is 9.78. The minimum Gasteiger partial charge on any atom is -0.379 e. The van der Waals surface area contributed by atoms with Crippen molar-refractivity contribution in [3.63, 3.8) is 0 Å². The number of sulfonamides is 1. The molecule has 134 valence electrons. The van der Waals surface area contributed by atoms with Gasteiger partial charge in [-0.25, -0.2) is 8.42 Å². The van der Waals surface area contributed by atoms with E-state index in [2.05, 4.69) is 20.4 Å². The molecule has 0 aliphatic carbocycles. The Kier molecular flexibility index (Phi) is 5.18. The molecule has 3 rings (SSSR count). The molecule has 3 heterocycles. The Bertz CT molecular complexity index is 696. The van der Waals surface area contributed by atoms with Gasteiger partial charge in [0.25, 0.3) is 5.91 Å². The van der Waals surface area contributed by atoms with Crippen LogP contribution in [0.1, 0.15) is 21.7 Å². The van der Waals surface area contributed by atoms with Gasteiger partial charge in [-0.1, -0.05) is 0 Å². The van der Waals surface area contributed by atoms with Crippen LogP contribution >= 0.6 is 0 Å². The van der Waals surface area contributed by atoms with Crippen molar-refractivity contribution in [1.29, 1.82) is 0 Å². The van der Waals surface area contributed by atoms with Gasteiger partial charge in [0.1, 0.15) is 0 Å². The number of hydrogen-bond donors (Lipinski definition) is 2. The molecule has 9 nitrogen and oxygen atoms in total. The number of H-pyrrole nitrogens is 1. The summed E-state index contributed by atoms with van der Waals surface area (Å²) >= 11 is 0. The van der Waals surface area contributed by atoms with E-state index in [1.807, 2.05) is 0 Å². The molecule has 1 fully saturated rings. The lowest BCUT2D eigenvalue weighted by Crippen LogP contribution is -2.41. The molecule has 0 bridgehead atoms. The highest BCUT2D eigenvalue weighted by Gasteiger charge is 2.28. The zero-order valence-electron chi connectivity index (χ0n) is 13.7. The summed E-state index contributed by atoms with van der Waals surface area (Å²) in [6.07, 6.45) is 1.68. The normalized spacial score (nSPS) is 19.9. The van der Waals surface area contributed by atoms with Crippen LogP contribution in [0.25, 0.3) is 0 Å². The lowest BCUT2D eigenvalue weighted by atomic mass is 10.1. The zero-order valence-corrected chi connectivity index (χ0v) is 14.6. The number of carbonyl (C=O) groups is 1. The molecule has 0 spiro atoms. The number of nitrogens with one attached hydrogen (secondary N) is 2. The molecule has 0 unspecified atom stereocenters. The van der Waals surface area contributed by atoms with Crippen LogP contribution in [0.5, 0.6) is 0 Å². The Balaban J connectivity index is 1.56. The second kappa shape index (κ2) is 7.18. The number of amides is 1. The highest BCUT2D eigenvalue weighted by Crippen LogP contribution is 2.21. The number of nitrogens with zero attached hydrogens (tertiary/aromatic N) is 3. The summed E-state index contributed by atoms with van der Waals surface area (Å²) in [6, 6.07) is 0. The SMILES string of the molecule is CS(=O)(=O)N1CCc2c(C(=O)NCCN3CCOCC3)n[nH]c2C1. The zero-order chi connectivity index (χ0) is 17.2. The molecule has 0 radical (unpaired) electrons. The van der Waals surface area contributed by atoms with Crippen LogP contribution < -0.4 is 5.32 Å². The average molecular weight is 357 g/mol. The molecule has 24 heavy (non-hydrogen) atoms. The molecule has 1 aromatic heterocycles. The van der Waals surface area contributed by atoms with E-state index in [9.17, 15) is 13.2 Å². The Morgan fingerprint density at radius 3 is 2.79 bits per heavy atom. The van der Waals surface area contributed by atoms with Crippen LogP contribution in [0.4, 0.5) is 0 Å². The number of fused-ring (bicyclic) bond motifs is 1. The molecule has 0 saturated carbocycles. The lowest BCUT2D eigenvalue weighted by molar-refractivity contribution is 0.0383. The fourth-order valence-corrected chi connectivity index (χ4v) is 3.79. The van der Waals surface area contributed by atoms with Crippen LogP contribution in [-0.2, 0) is 27.7 Å².